The van der Waals surface area contributed by atoms with E-state index >= 15 is 0 Å². The summed E-state index contributed by atoms with van der Waals surface area (Å²) in [5.74, 6) is -0.506. The maximum Gasteiger partial charge on any atom is 0.250 e. The molecule has 2 heterocycles. The van der Waals surface area contributed by atoms with Crippen molar-refractivity contribution >= 4 is 27.5 Å². The molecule has 10 heteroatoms. The first kappa shape index (κ1) is 24.7. The zero-order valence-corrected chi connectivity index (χ0v) is 20.0. The monoisotopic (exact) mass is 474 g/mol. The van der Waals surface area contributed by atoms with Crippen LogP contribution in [0.25, 0.3) is 0 Å². The molecule has 1 aliphatic heterocycles. The van der Waals surface area contributed by atoms with Gasteiger partial charge in [-0.15, -0.1) is 0 Å². The number of aromatic nitrogens is 1. The lowest BCUT2D eigenvalue weighted by Crippen LogP contribution is -2.50. The lowest BCUT2D eigenvalue weighted by atomic mass is 10.2. The van der Waals surface area contributed by atoms with Crippen LogP contribution in [0.4, 0.5) is 5.69 Å². The van der Waals surface area contributed by atoms with Gasteiger partial charge in [-0.1, -0.05) is 12.1 Å². The zero-order chi connectivity index (χ0) is 24.2. The number of sulfonamides is 1. The maximum atomic E-state index is 13.0. The normalized spacial score (nSPS) is 14.8. The fraction of sp³-hybridized carbons (Fsp3) is 0.435. The number of carbonyl (C=O) groups is 2. The number of anilines is 1. The Hall–Kier alpha value is -2.98. The standard InChI is InChI=1S/C23H30N4O5S/c1-4-25-16-19(7-9-22(25)29)24-21(28)8-10-23(30)26-11-13-27(14-12-26)33(31,32)20-15-17(2)5-6-18(20)3/h5-7,9,15-16H,4,8,10-14H2,1-3H3,(H,24,28). The predicted molar refractivity (Wildman–Crippen MR) is 125 cm³/mol. The fourth-order valence-corrected chi connectivity index (χ4v) is 5.49. The largest absolute Gasteiger partial charge is 0.340 e. The molecule has 0 atom stereocenters. The number of carbonyl (C=O) groups excluding carboxylic acids is 2. The van der Waals surface area contributed by atoms with Gasteiger partial charge in [-0.3, -0.25) is 14.4 Å². The molecule has 1 fully saturated rings. The number of nitrogens with zero attached hydrogens (tertiary/aromatic N) is 3. The number of aryl methyl sites for hydroxylation is 3. The highest BCUT2D eigenvalue weighted by Crippen LogP contribution is 2.22. The van der Waals surface area contributed by atoms with Crippen molar-refractivity contribution in [2.75, 3.05) is 31.5 Å². The summed E-state index contributed by atoms with van der Waals surface area (Å²) in [5.41, 5.74) is 1.92. The number of hydrogen-bond donors (Lipinski definition) is 1. The summed E-state index contributed by atoms with van der Waals surface area (Å²) < 4.78 is 29.0. The number of rotatable bonds is 7. The highest BCUT2D eigenvalue weighted by atomic mass is 32.2. The van der Waals surface area contributed by atoms with Gasteiger partial charge < -0.3 is 14.8 Å². The number of pyridine rings is 1. The molecule has 2 amide bonds. The van der Waals surface area contributed by atoms with Crippen molar-refractivity contribution in [1.82, 2.24) is 13.8 Å². The van der Waals surface area contributed by atoms with Gasteiger partial charge in [0.2, 0.25) is 21.8 Å². The quantitative estimate of drug-likeness (QED) is 0.658. The van der Waals surface area contributed by atoms with Crippen LogP contribution >= 0.6 is 0 Å². The Labute approximate surface area is 194 Å². The van der Waals surface area contributed by atoms with Crippen molar-refractivity contribution in [3.63, 3.8) is 0 Å². The minimum absolute atomic E-state index is 0.00504. The molecule has 1 aromatic heterocycles. The molecule has 1 saturated heterocycles. The van der Waals surface area contributed by atoms with Gasteiger partial charge in [0.05, 0.1) is 10.6 Å². The van der Waals surface area contributed by atoms with E-state index in [0.29, 0.717) is 22.7 Å². The Bertz CT molecular complexity index is 1200. The van der Waals surface area contributed by atoms with Gasteiger partial charge >= 0.3 is 0 Å². The first-order valence-electron chi connectivity index (χ1n) is 11.0. The smallest absolute Gasteiger partial charge is 0.250 e. The highest BCUT2D eigenvalue weighted by Gasteiger charge is 2.31. The SMILES string of the molecule is CCn1cc(NC(=O)CCC(=O)N2CCN(S(=O)(=O)c3cc(C)ccc3C)CC2)ccc1=O. The van der Waals surface area contributed by atoms with E-state index in [9.17, 15) is 22.8 Å². The average molecular weight is 475 g/mol. The van der Waals surface area contributed by atoms with Crippen molar-refractivity contribution in [2.24, 2.45) is 0 Å². The Morgan fingerprint density at radius 3 is 2.36 bits per heavy atom. The summed E-state index contributed by atoms with van der Waals surface area (Å²) in [6, 6.07) is 8.26. The molecule has 0 aliphatic carbocycles. The van der Waals surface area contributed by atoms with Gasteiger partial charge in [-0.05, 0) is 44.0 Å². The zero-order valence-electron chi connectivity index (χ0n) is 19.2. The summed E-state index contributed by atoms with van der Waals surface area (Å²) in [6.07, 6.45) is 1.60. The van der Waals surface area contributed by atoms with Crippen LogP contribution in [-0.2, 0) is 26.2 Å². The van der Waals surface area contributed by atoms with E-state index < -0.39 is 10.0 Å². The molecule has 0 bridgehead atoms. The van der Waals surface area contributed by atoms with E-state index in [1.54, 1.807) is 30.2 Å². The maximum absolute atomic E-state index is 13.0. The molecule has 0 spiro atoms. The topological polar surface area (TPSA) is 109 Å². The third-order valence-corrected chi connectivity index (χ3v) is 7.77. The van der Waals surface area contributed by atoms with E-state index in [0.717, 1.165) is 5.56 Å². The highest BCUT2D eigenvalue weighted by molar-refractivity contribution is 7.89. The summed E-state index contributed by atoms with van der Waals surface area (Å²) in [5, 5.41) is 2.70. The van der Waals surface area contributed by atoms with Crippen molar-refractivity contribution in [2.45, 2.75) is 45.1 Å². The van der Waals surface area contributed by atoms with Gasteiger partial charge in [-0.25, -0.2) is 8.42 Å². The summed E-state index contributed by atoms with van der Waals surface area (Å²) in [4.78, 5) is 38.3. The number of piperazine rings is 1. The third-order valence-electron chi connectivity index (χ3n) is 5.73. The van der Waals surface area contributed by atoms with E-state index in [2.05, 4.69) is 5.32 Å². The minimum Gasteiger partial charge on any atom is -0.340 e. The third kappa shape index (κ3) is 5.88. The number of hydrogen-bond acceptors (Lipinski definition) is 5. The molecule has 1 aliphatic rings. The molecule has 1 aromatic carbocycles. The van der Waals surface area contributed by atoms with Crippen molar-refractivity contribution in [3.8, 4) is 0 Å². The lowest BCUT2D eigenvalue weighted by Gasteiger charge is -2.34. The second kappa shape index (κ2) is 10.3. The molecule has 33 heavy (non-hydrogen) atoms. The average Bonchev–Trinajstić information content (AvgIpc) is 2.80. The fourth-order valence-electron chi connectivity index (χ4n) is 3.76. The number of benzene rings is 1. The van der Waals surface area contributed by atoms with Crippen molar-refractivity contribution < 1.29 is 18.0 Å². The van der Waals surface area contributed by atoms with Crippen LogP contribution in [0, 0.1) is 13.8 Å². The van der Waals surface area contributed by atoms with Crippen LogP contribution in [0.3, 0.4) is 0 Å². The second-order valence-corrected chi connectivity index (χ2v) is 10.1. The molecule has 9 nitrogen and oxygen atoms in total. The van der Waals surface area contributed by atoms with E-state index in [-0.39, 0.29) is 56.4 Å². The molecule has 3 rings (SSSR count). The van der Waals surface area contributed by atoms with Crippen LogP contribution in [0.2, 0.25) is 0 Å². The Balaban J connectivity index is 1.51. The first-order valence-corrected chi connectivity index (χ1v) is 12.4. The van der Waals surface area contributed by atoms with Crippen LogP contribution in [0.5, 0.6) is 0 Å². The summed E-state index contributed by atoms with van der Waals surface area (Å²) in [7, 11) is -3.63. The molecule has 0 radical (unpaired) electrons. The van der Waals surface area contributed by atoms with Crippen molar-refractivity contribution in [3.05, 3.63) is 58.0 Å². The van der Waals surface area contributed by atoms with Crippen LogP contribution < -0.4 is 10.9 Å². The molecule has 0 unspecified atom stereocenters. The van der Waals surface area contributed by atoms with Crippen LogP contribution in [0.1, 0.15) is 30.9 Å². The Morgan fingerprint density at radius 2 is 1.70 bits per heavy atom. The Kier molecular flexibility index (Phi) is 7.70. The van der Waals surface area contributed by atoms with Crippen LogP contribution in [-0.4, -0.2) is 60.2 Å². The Morgan fingerprint density at radius 1 is 1.00 bits per heavy atom. The summed E-state index contributed by atoms with van der Waals surface area (Å²) >= 11 is 0. The van der Waals surface area contributed by atoms with Crippen molar-refractivity contribution in [1.29, 1.82) is 0 Å². The van der Waals surface area contributed by atoms with Gasteiger partial charge in [0.15, 0.2) is 0 Å². The second-order valence-electron chi connectivity index (χ2n) is 8.14. The van der Waals surface area contributed by atoms with Gasteiger partial charge in [-0.2, -0.15) is 4.31 Å². The van der Waals surface area contributed by atoms with E-state index in [1.165, 1.54) is 21.0 Å². The minimum atomic E-state index is -3.63. The lowest BCUT2D eigenvalue weighted by molar-refractivity contribution is -0.133. The number of amides is 2. The molecule has 0 saturated carbocycles. The first-order chi connectivity index (χ1) is 15.6. The predicted octanol–water partition coefficient (Wildman–Crippen LogP) is 1.74. The van der Waals surface area contributed by atoms with Gasteiger partial charge in [0, 0.05) is 57.8 Å². The van der Waals surface area contributed by atoms with Crippen LogP contribution in [0.15, 0.2) is 46.2 Å². The van der Waals surface area contributed by atoms with Gasteiger partial charge in [0.25, 0.3) is 5.56 Å². The molecule has 2 aromatic rings. The van der Waals surface area contributed by atoms with E-state index in [1.807, 2.05) is 19.9 Å². The summed E-state index contributed by atoms with van der Waals surface area (Å²) in [6.45, 7) is 6.95. The number of nitrogens with one attached hydrogen (secondary N) is 1. The van der Waals surface area contributed by atoms with Gasteiger partial charge in [0.1, 0.15) is 0 Å². The van der Waals surface area contributed by atoms with E-state index in [4.69, 9.17) is 0 Å². The molecular formula is C23H30N4O5S. The molecule has 178 valence electrons. The molecule has 1 N–H and O–H groups in total. The molecular weight excluding hydrogens is 444 g/mol.